The second kappa shape index (κ2) is 6.08. The standard InChI is InChI=1S/C11H21NO3/c1-9(13)5-6-11(14)12(2)8-10-4-3-7-15-10/h9-10,13H,3-8H2,1-2H3. The molecule has 0 aromatic heterocycles. The van der Waals surface area contributed by atoms with Gasteiger partial charge in [-0.05, 0) is 26.2 Å². The Hall–Kier alpha value is -0.610. The van der Waals surface area contributed by atoms with Gasteiger partial charge in [0.15, 0.2) is 0 Å². The smallest absolute Gasteiger partial charge is 0.222 e. The van der Waals surface area contributed by atoms with E-state index in [9.17, 15) is 4.79 Å². The molecule has 0 aromatic rings. The Morgan fingerprint density at radius 3 is 2.93 bits per heavy atom. The number of carbonyl (C=O) groups excluding carboxylic acids is 1. The number of hydrogen-bond acceptors (Lipinski definition) is 3. The van der Waals surface area contributed by atoms with Gasteiger partial charge in [-0.1, -0.05) is 0 Å². The largest absolute Gasteiger partial charge is 0.393 e. The van der Waals surface area contributed by atoms with Crippen LogP contribution in [0, 0.1) is 0 Å². The highest BCUT2D eigenvalue weighted by Crippen LogP contribution is 2.13. The first kappa shape index (κ1) is 12.5. The highest BCUT2D eigenvalue weighted by Gasteiger charge is 2.19. The van der Waals surface area contributed by atoms with Gasteiger partial charge in [-0.15, -0.1) is 0 Å². The topological polar surface area (TPSA) is 49.8 Å². The Balaban J connectivity index is 2.19. The molecule has 0 bridgehead atoms. The molecule has 1 N–H and O–H groups in total. The number of amides is 1. The van der Waals surface area contributed by atoms with Crippen LogP contribution in [0.1, 0.15) is 32.6 Å². The lowest BCUT2D eigenvalue weighted by atomic mass is 10.2. The van der Waals surface area contributed by atoms with E-state index in [0.29, 0.717) is 19.4 Å². The fourth-order valence-electron chi connectivity index (χ4n) is 1.72. The van der Waals surface area contributed by atoms with E-state index < -0.39 is 6.10 Å². The molecule has 1 aliphatic rings. The van der Waals surface area contributed by atoms with Crippen LogP contribution in [-0.2, 0) is 9.53 Å². The molecule has 4 nitrogen and oxygen atoms in total. The summed E-state index contributed by atoms with van der Waals surface area (Å²) in [4.78, 5) is 13.3. The van der Waals surface area contributed by atoms with E-state index in [1.54, 1.807) is 18.9 Å². The zero-order valence-electron chi connectivity index (χ0n) is 9.61. The summed E-state index contributed by atoms with van der Waals surface area (Å²) in [5, 5.41) is 9.07. The van der Waals surface area contributed by atoms with Gasteiger partial charge in [0, 0.05) is 26.6 Å². The van der Waals surface area contributed by atoms with Crippen LogP contribution in [0.3, 0.4) is 0 Å². The van der Waals surface area contributed by atoms with Crippen molar-refractivity contribution in [1.29, 1.82) is 0 Å². The number of ether oxygens (including phenoxy) is 1. The van der Waals surface area contributed by atoms with Gasteiger partial charge < -0.3 is 14.7 Å². The Morgan fingerprint density at radius 1 is 1.67 bits per heavy atom. The van der Waals surface area contributed by atoms with Crippen LogP contribution in [0.25, 0.3) is 0 Å². The van der Waals surface area contributed by atoms with Gasteiger partial charge in [0.1, 0.15) is 0 Å². The summed E-state index contributed by atoms with van der Waals surface area (Å²) >= 11 is 0. The Labute approximate surface area is 91.2 Å². The lowest BCUT2D eigenvalue weighted by Gasteiger charge is -2.21. The van der Waals surface area contributed by atoms with Crippen LogP contribution in [-0.4, -0.2) is 48.3 Å². The van der Waals surface area contributed by atoms with Gasteiger partial charge in [-0.2, -0.15) is 0 Å². The minimum Gasteiger partial charge on any atom is -0.393 e. The van der Waals surface area contributed by atoms with Crippen LogP contribution in [0.4, 0.5) is 0 Å². The third kappa shape index (κ3) is 4.62. The average Bonchev–Trinajstić information content (AvgIpc) is 2.66. The van der Waals surface area contributed by atoms with Crippen LogP contribution < -0.4 is 0 Å². The fraction of sp³-hybridized carbons (Fsp3) is 0.909. The number of nitrogens with zero attached hydrogens (tertiary/aromatic N) is 1. The summed E-state index contributed by atoms with van der Waals surface area (Å²) in [6, 6.07) is 0. The van der Waals surface area contributed by atoms with Crippen molar-refractivity contribution in [1.82, 2.24) is 4.90 Å². The van der Waals surface area contributed by atoms with E-state index in [4.69, 9.17) is 9.84 Å². The zero-order chi connectivity index (χ0) is 11.3. The molecule has 1 aliphatic heterocycles. The minimum atomic E-state index is -0.398. The maximum absolute atomic E-state index is 11.6. The minimum absolute atomic E-state index is 0.0893. The molecule has 1 amide bonds. The second-order valence-electron chi connectivity index (χ2n) is 4.30. The Morgan fingerprint density at radius 2 is 2.40 bits per heavy atom. The lowest BCUT2D eigenvalue weighted by Crippen LogP contribution is -2.34. The molecule has 1 rings (SSSR count). The van der Waals surface area contributed by atoms with Gasteiger partial charge in [-0.25, -0.2) is 0 Å². The lowest BCUT2D eigenvalue weighted by molar-refractivity contribution is -0.131. The van der Waals surface area contributed by atoms with Crippen molar-refractivity contribution in [2.45, 2.75) is 44.8 Å². The van der Waals surface area contributed by atoms with Gasteiger partial charge in [0.25, 0.3) is 0 Å². The molecule has 1 fully saturated rings. The number of aliphatic hydroxyl groups excluding tert-OH is 1. The predicted molar refractivity (Wildman–Crippen MR) is 57.5 cm³/mol. The van der Waals surface area contributed by atoms with Crippen molar-refractivity contribution in [3.63, 3.8) is 0 Å². The number of likely N-dealkylation sites (N-methyl/N-ethyl adjacent to an activating group) is 1. The first-order valence-electron chi connectivity index (χ1n) is 5.63. The molecule has 15 heavy (non-hydrogen) atoms. The third-order valence-corrected chi connectivity index (χ3v) is 2.70. The second-order valence-corrected chi connectivity index (χ2v) is 4.30. The molecular weight excluding hydrogens is 194 g/mol. The summed E-state index contributed by atoms with van der Waals surface area (Å²) in [5.41, 5.74) is 0. The molecule has 2 atom stereocenters. The SMILES string of the molecule is CC(O)CCC(=O)N(C)CC1CCCO1. The first-order chi connectivity index (χ1) is 7.09. The van der Waals surface area contributed by atoms with E-state index in [0.717, 1.165) is 19.4 Å². The summed E-state index contributed by atoms with van der Waals surface area (Å²) < 4.78 is 5.46. The Kier molecular flexibility index (Phi) is 5.05. The predicted octanol–water partition coefficient (Wildman–Crippen LogP) is 0.785. The molecule has 0 aliphatic carbocycles. The van der Waals surface area contributed by atoms with Gasteiger partial charge in [0.05, 0.1) is 12.2 Å². The number of rotatable bonds is 5. The van der Waals surface area contributed by atoms with E-state index in [1.807, 2.05) is 0 Å². The molecule has 1 heterocycles. The third-order valence-electron chi connectivity index (χ3n) is 2.70. The number of hydrogen-bond donors (Lipinski definition) is 1. The molecular formula is C11H21NO3. The van der Waals surface area contributed by atoms with Crippen LogP contribution in [0.15, 0.2) is 0 Å². The van der Waals surface area contributed by atoms with E-state index >= 15 is 0 Å². The quantitative estimate of drug-likeness (QED) is 0.737. The summed E-state index contributed by atoms with van der Waals surface area (Å²) in [6.45, 7) is 3.20. The molecule has 0 saturated carbocycles. The summed E-state index contributed by atoms with van der Waals surface area (Å²) in [5.74, 6) is 0.0893. The summed E-state index contributed by atoms with van der Waals surface area (Å²) in [6.07, 6.45) is 2.92. The zero-order valence-corrected chi connectivity index (χ0v) is 9.61. The fourth-order valence-corrected chi connectivity index (χ4v) is 1.72. The van der Waals surface area contributed by atoms with Crippen LogP contribution in [0.5, 0.6) is 0 Å². The molecule has 0 radical (unpaired) electrons. The number of aliphatic hydroxyl groups is 1. The van der Waals surface area contributed by atoms with Crippen molar-refractivity contribution < 1.29 is 14.6 Å². The van der Waals surface area contributed by atoms with E-state index in [-0.39, 0.29) is 12.0 Å². The summed E-state index contributed by atoms with van der Waals surface area (Å²) in [7, 11) is 1.80. The monoisotopic (exact) mass is 215 g/mol. The molecule has 88 valence electrons. The van der Waals surface area contributed by atoms with Crippen molar-refractivity contribution >= 4 is 5.91 Å². The van der Waals surface area contributed by atoms with Crippen LogP contribution >= 0.6 is 0 Å². The molecule has 1 saturated heterocycles. The molecule has 4 heteroatoms. The highest BCUT2D eigenvalue weighted by atomic mass is 16.5. The van der Waals surface area contributed by atoms with Gasteiger partial charge in [0.2, 0.25) is 5.91 Å². The number of carbonyl (C=O) groups is 1. The average molecular weight is 215 g/mol. The molecule has 2 unspecified atom stereocenters. The van der Waals surface area contributed by atoms with E-state index in [1.165, 1.54) is 0 Å². The maximum Gasteiger partial charge on any atom is 0.222 e. The van der Waals surface area contributed by atoms with Gasteiger partial charge >= 0.3 is 0 Å². The maximum atomic E-state index is 11.6. The highest BCUT2D eigenvalue weighted by molar-refractivity contribution is 5.75. The Bertz CT molecular complexity index is 200. The van der Waals surface area contributed by atoms with Crippen LogP contribution in [0.2, 0.25) is 0 Å². The van der Waals surface area contributed by atoms with Gasteiger partial charge in [-0.3, -0.25) is 4.79 Å². The van der Waals surface area contributed by atoms with Crippen molar-refractivity contribution in [2.75, 3.05) is 20.2 Å². The first-order valence-corrected chi connectivity index (χ1v) is 5.63. The van der Waals surface area contributed by atoms with E-state index in [2.05, 4.69) is 0 Å². The normalized spacial score (nSPS) is 22.7. The van der Waals surface area contributed by atoms with Crippen molar-refractivity contribution in [3.05, 3.63) is 0 Å². The van der Waals surface area contributed by atoms with Crippen molar-refractivity contribution in [3.8, 4) is 0 Å². The van der Waals surface area contributed by atoms with Crippen molar-refractivity contribution in [2.24, 2.45) is 0 Å². The molecule has 0 aromatic carbocycles. The molecule has 0 spiro atoms.